The average Bonchev–Trinajstić information content (AvgIpc) is 3.00. The van der Waals surface area contributed by atoms with Crippen LogP contribution in [0, 0.1) is 27.7 Å². The number of fused-ring (bicyclic) bond motifs is 2. The molecule has 0 nitrogen and oxygen atoms in total. The van der Waals surface area contributed by atoms with E-state index < -0.39 is 9.75 Å². The zero-order valence-electron chi connectivity index (χ0n) is 18.1. The maximum absolute atomic E-state index is 7.30. The van der Waals surface area contributed by atoms with E-state index in [1.54, 1.807) is 0 Å². The van der Waals surface area contributed by atoms with Crippen molar-refractivity contribution in [2.75, 3.05) is 0 Å². The number of rotatable bonds is 3. The van der Waals surface area contributed by atoms with E-state index in [0.717, 1.165) is 12.8 Å². The van der Waals surface area contributed by atoms with Crippen LogP contribution in [0.5, 0.6) is 0 Å². The van der Waals surface area contributed by atoms with Gasteiger partial charge in [-0.15, -0.1) is 23.2 Å². The van der Waals surface area contributed by atoms with Gasteiger partial charge in [-0.1, -0.05) is 36.4 Å². The van der Waals surface area contributed by atoms with Crippen molar-refractivity contribution in [1.29, 1.82) is 0 Å². The van der Waals surface area contributed by atoms with E-state index in [9.17, 15) is 0 Å². The molecule has 0 heterocycles. The van der Waals surface area contributed by atoms with Crippen LogP contribution in [0.2, 0.25) is 0 Å². The second-order valence-electron chi connectivity index (χ2n) is 8.80. The molecule has 29 heavy (non-hydrogen) atoms. The predicted octanol–water partition coefficient (Wildman–Crippen LogP) is 8.10. The molecule has 0 aliphatic heterocycles. The molecule has 2 aromatic carbocycles. The fraction of sp³-hybridized carbons (Fsp3) is 0.385. The van der Waals surface area contributed by atoms with Crippen LogP contribution in [0.4, 0.5) is 0 Å². The Hall–Kier alpha value is -0.786. The first kappa shape index (κ1) is 22.9. The topological polar surface area (TPSA) is 0 Å². The molecule has 2 aliphatic rings. The smallest absolute Gasteiger partial charge is 0.0911 e. The molecule has 0 radical (unpaired) electrons. The zero-order chi connectivity index (χ0) is 20.4. The molecule has 0 aromatic heterocycles. The van der Waals surface area contributed by atoms with E-state index in [1.807, 2.05) is 0 Å². The minimum atomic E-state index is -0.474. The summed E-state index contributed by atoms with van der Waals surface area (Å²) in [6, 6.07) is 9.06. The number of hydrogen-bond donors (Lipinski definition) is 0. The molecule has 0 N–H and O–H groups in total. The fourth-order valence-electron chi connectivity index (χ4n) is 4.73. The Labute approximate surface area is 200 Å². The quantitative estimate of drug-likeness (QED) is 0.321. The van der Waals surface area contributed by atoms with Gasteiger partial charge in [-0.3, -0.25) is 0 Å². The van der Waals surface area contributed by atoms with Gasteiger partial charge in [0.15, 0.2) is 0 Å². The number of hydrogen-bond acceptors (Lipinski definition) is 0. The summed E-state index contributed by atoms with van der Waals surface area (Å²) in [5, 5.41) is 0. The van der Waals surface area contributed by atoms with E-state index in [-0.39, 0.29) is 21.7 Å². The van der Waals surface area contributed by atoms with Crippen LogP contribution in [0.3, 0.4) is 0 Å². The van der Waals surface area contributed by atoms with Crippen LogP contribution < -0.4 is 0 Å². The Kier molecular flexibility index (Phi) is 6.09. The third-order valence-corrected chi connectivity index (χ3v) is 8.38. The largest absolute Gasteiger partial charge is 0.109 e. The predicted molar refractivity (Wildman–Crippen MR) is 123 cm³/mol. The standard InChI is InChI=1S/C26H28Cl2.Ti/c1-15-9-21-13-19(5)25(27,23(21)11-17(15)3)7-8-26(28)20(6)14-22-10-16(2)18(4)12-24(22)26;/h9-14H,7-8H2,1-6H3;. The second-order valence-corrected chi connectivity index (χ2v) is 10.1. The van der Waals surface area contributed by atoms with Crippen LogP contribution in [0.1, 0.15) is 71.2 Å². The van der Waals surface area contributed by atoms with E-state index in [1.165, 1.54) is 55.7 Å². The number of alkyl halides is 2. The van der Waals surface area contributed by atoms with Gasteiger partial charge in [0, 0.05) is 21.7 Å². The normalized spacial score (nSPS) is 24.6. The molecule has 0 saturated carbocycles. The summed E-state index contributed by atoms with van der Waals surface area (Å²) in [7, 11) is 0. The molecule has 4 rings (SSSR count). The van der Waals surface area contributed by atoms with E-state index in [4.69, 9.17) is 23.2 Å². The van der Waals surface area contributed by atoms with Crippen LogP contribution >= 0.6 is 23.2 Å². The molecule has 150 valence electrons. The SMILES string of the molecule is CC1=Cc2cc(C)c(C)cc2C1(Cl)CCC1(Cl)C(C)=Cc2cc(C)c(C)cc21.[Ti]. The summed E-state index contributed by atoms with van der Waals surface area (Å²) in [5.74, 6) is 0. The van der Waals surface area contributed by atoms with Gasteiger partial charge in [0.2, 0.25) is 0 Å². The molecule has 0 amide bonds. The summed E-state index contributed by atoms with van der Waals surface area (Å²) in [6.45, 7) is 12.9. The molecular weight excluding hydrogens is 431 g/mol. The molecule has 2 unspecified atom stereocenters. The van der Waals surface area contributed by atoms with Crippen molar-refractivity contribution in [2.45, 2.75) is 64.1 Å². The first-order valence-corrected chi connectivity index (χ1v) is 10.8. The Morgan fingerprint density at radius 2 is 0.897 bits per heavy atom. The number of allylic oxidation sites excluding steroid dienone is 2. The third-order valence-electron chi connectivity index (χ3n) is 6.99. The van der Waals surface area contributed by atoms with Crippen molar-refractivity contribution in [3.8, 4) is 0 Å². The first-order valence-electron chi connectivity index (χ1n) is 10.0. The van der Waals surface area contributed by atoms with Crippen LogP contribution in [-0.4, -0.2) is 0 Å². The Balaban J connectivity index is 0.00000240. The van der Waals surface area contributed by atoms with Gasteiger partial charge in [0.25, 0.3) is 0 Å². The molecule has 0 saturated heterocycles. The van der Waals surface area contributed by atoms with Gasteiger partial charge in [0.05, 0.1) is 9.75 Å². The molecule has 2 atom stereocenters. The molecule has 0 spiro atoms. The molecule has 3 heteroatoms. The van der Waals surface area contributed by atoms with Crippen molar-refractivity contribution in [3.63, 3.8) is 0 Å². The Morgan fingerprint density at radius 1 is 0.586 bits per heavy atom. The zero-order valence-corrected chi connectivity index (χ0v) is 21.2. The number of aryl methyl sites for hydroxylation is 4. The van der Waals surface area contributed by atoms with Crippen molar-refractivity contribution >= 4 is 35.4 Å². The number of benzene rings is 2. The fourth-order valence-corrected chi connectivity index (χ4v) is 5.36. The third kappa shape index (κ3) is 3.51. The van der Waals surface area contributed by atoms with E-state index in [0.29, 0.717) is 0 Å². The molecule has 0 bridgehead atoms. The summed E-state index contributed by atoms with van der Waals surface area (Å²) < 4.78 is 0. The van der Waals surface area contributed by atoms with Gasteiger partial charge in [-0.2, -0.15) is 0 Å². The Morgan fingerprint density at radius 3 is 1.24 bits per heavy atom. The van der Waals surface area contributed by atoms with Crippen molar-refractivity contribution in [3.05, 3.63) is 79.9 Å². The van der Waals surface area contributed by atoms with Crippen LogP contribution in [0.15, 0.2) is 35.4 Å². The summed E-state index contributed by atoms with van der Waals surface area (Å²) in [6.07, 6.45) is 6.11. The van der Waals surface area contributed by atoms with Gasteiger partial charge in [0.1, 0.15) is 0 Å². The number of halogens is 2. The monoisotopic (exact) mass is 458 g/mol. The van der Waals surface area contributed by atoms with Gasteiger partial charge < -0.3 is 0 Å². The van der Waals surface area contributed by atoms with Crippen molar-refractivity contribution < 1.29 is 21.7 Å². The van der Waals surface area contributed by atoms with Crippen molar-refractivity contribution in [2.24, 2.45) is 0 Å². The van der Waals surface area contributed by atoms with Gasteiger partial charge in [-0.25, -0.2) is 0 Å². The molecule has 2 aliphatic carbocycles. The average molecular weight is 459 g/mol. The summed E-state index contributed by atoms with van der Waals surface area (Å²) in [5.41, 5.74) is 12.6. The molecule has 2 aromatic rings. The minimum absolute atomic E-state index is 0. The first-order chi connectivity index (χ1) is 13.1. The van der Waals surface area contributed by atoms with Crippen molar-refractivity contribution in [1.82, 2.24) is 0 Å². The van der Waals surface area contributed by atoms with Gasteiger partial charge in [-0.05, 0) is 110 Å². The maximum Gasteiger partial charge on any atom is 0.0911 e. The minimum Gasteiger partial charge on any atom is -0.109 e. The van der Waals surface area contributed by atoms with Gasteiger partial charge >= 0.3 is 0 Å². The summed E-state index contributed by atoms with van der Waals surface area (Å²) in [4.78, 5) is -0.948. The van der Waals surface area contributed by atoms with Crippen LogP contribution in [0.25, 0.3) is 12.2 Å². The molecular formula is C26H28Cl2Ti. The van der Waals surface area contributed by atoms with E-state index in [2.05, 4.69) is 78.0 Å². The second kappa shape index (κ2) is 7.72. The van der Waals surface area contributed by atoms with Crippen LogP contribution in [-0.2, 0) is 31.5 Å². The maximum atomic E-state index is 7.30. The summed E-state index contributed by atoms with van der Waals surface area (Å²) >= 11 is 14.6. The molecule has 0 fully saturated rings. The Bertz CT molecular complexity index is 977. The van der Waals surface area contributed by atoms with E-state index >= 15 is 0 Å².